The van der Waals surface area contributed by atoms with Crippen LogP contribution in [0.15, 0.2) is 53.8 Å². The van der Waals surface area contributed by atoms with Crippen LogP contribution in [0.2, 0.25) is 0 Å². The molecule has 4 N–H and O–H groups in total. The molecular weight excluding hydrogens is 394 g/mol. The van der Waals surface area contributed by atoms with Gasteiger partial charge in [0.05, 0.1) is 12.0 Å². The van der Waals surface area contributed by atoms with E-state index in [1.54, 1.807) is 18.6 Å². The van der Waals surface area contributed by atoms with Gasteiger partial charge in [-0.2, -0.15) is 0 Å². The van der Waals surface area contributed by atoms with Crippen molar-refractivity contribution in [3.63, 3.8) is 0 Å². The Morgan fingerprint density at radius 1 is 1.16 bits per heavy atom. The van der Waals surface area contributed by atoms with Crippen LogP contribution < -0.4 is 21.1 Å². The van der Waals surface area contributed by atoms with E-state index >= 15 is 0 Å². The quantitative estimate of drug-likeness (QED) is 0.463. The zero-order chi connectivity index (χ0) is 21.6. The lowest BCUT2D eigenvalue weighted by Crippen LogP contribution is -2.44. The van der Waals surface area contributed by atoms with Crippen molar-refractivity contribution in [1.82, 2.24) is 19.9 Å². The number of piperazine rings is 1. The third-order valence-corrected chi connectivity index (χ3v) is 5.42. The zero-order valence-corrected chi connectivity index (χ0v) is 17.5. The molecule has 1 saturated heterocycles. The molecule has 1 aromatic carbocycles. The number of nitrogens with one attached hydrogen (secondary N) is 4. The molecule has 1 aliphatic heterocycles. The molecule has 1 aliphatic rings. The molecule has 9 heteroatoms. The summed E-state index contributed by atoms with van der Waals surface area (Å²) < 4.78 is 0. The Bertz CT molecular complexity index is 1070. The second kappa shape index (κ2) is 9.48. The van der Waals surface area contributed by atoms with E-state index in [9.17, 15) is 9.59 Å². The van der Waals surface area contributed by atoms with Gasteiger partial charge in [-0.1, -0.05) is 6.07 Å². The first kappa shape index (κ1) is 20.7. The highest BCUT2D eigenvalue weighted by molar-refractivity contribution is 6.07. The summed E-state index contributed by atoms with van der Waals surface area (Å²) >= 11 is 0. The fraction of sp³-hybridized carbons (Fsp3) is 0.318. The highest BCUT2D eigenvalue weighted by Gasteiger charge is 2.18. The van der Waals surface area contributed by atoms with Crippen molar-refractivity contribution in [1.29, 1.82) is 0 Å². The summed E-state index contributed by atoms with van der Waals surface area (Å²) in [4.78, 5) is 39.6. The molecule has 9 nitrogen and oxygen atoms in total. The van der Waals surface area contributed by atoms with Gasteiger partial charge in [0.2, 0.25) is 0 Å². The van der Waals surface area contributed by atoms with Crippen molar-refractivity contribution in [2.45, 2.75) is 6.42 Å². The minimum absolute atomic E-state index is 0.0668. The minimum Gasteiger partial charge on any atom is -0.384 e. The molecule has 0 bridgehead atoms. The molecule has 0 unspecified atom stereocenters. The molecule has 0 atom stereocenters. The summed E-state index contributed by atoms with van der Waals surface area (Å²) in [7, 11) is 2.12. The van der Waals surface area contributed by atoms with Crippen LogP contribution in [0.3, 0.4) is 0 Å². The number of aromatic amines is 2. The number of rotatable bonds is 7. The van der Waals surface area contributed by atoms with E-state index < -0.39 is 11.5 Å². The number of aromatic nitrogens is 3. The van der Waals surface area contributed by atoms with E-state index in [4.69, 9.17) is 0 Å². The van der Waals surface area contributed by atoms with Gasteiger partial charge in [0.1, 0.15) is 5.56 Å². The van der Waals surface area contributed by atoms with Gasteiger partial charge in [0, 0.05) is 68.6 Å². The molecule has 1 amide bonds. The normalized spacial score (nSPS) is 14.4. The largest absolute Gasteiger partial charge is 0.384 e. The summed E-state index contributed by atoms with van der Waals surface area (Å²) in [6.45, 7) is 4.45. The number of imidazole rings is 1. The van der Waals surface area contributed by atoms with Crippen LogP contribution in [0.5, 0.6) is 0 Å². The van der Waals surface area contributed by atoms with E-state index in [1.807, 2.05) is 24.3 Å². The number of anilines is 3. The first-order chi connectivity index (χ1) is 15.1. The van der Waals surface area contributed by atoms with Gasteiger partial charge in [-0.3, -0.25) is 9.59 Å². The molecule has 162 valence electrons. The van der Waals surface area contributed by atoms with Gasteiger partial charge in [0.15, 0.2) is 0 Å². The highest BCUT2D eigenvalue weighted by Crippen LogP contribution is 2.22. The van der Waals surface area contributed by atoms with Crippen LogP contribution in [0.1, 0.15) is 16.1 Å². The second-order valence-corrected chi connectivity index (χ2v) is 7.64. The average Bonchev–Trinajstić information content (AvgIpc) is 3.28. The van der Waals surface area contributed by atoms with Gasteiger partial charge in [-0.05, 0) is 31.3 Å². The van der Waals surface area contributed by atoms with Crippen LogP contribution in [0, 0.1) is 0 Å². The number of pyridine rings is 1. The van der Waals surface area contributed by atoms with Crippen LogP contribution in [-0.4, -0.2) is 65.5 Å². The molecule has 0 saturated carbocycles. The summed E-state index contributed by atoms with van der Waals surface area (Å²) in [5.74, 6) is -0.443. The van der Waals surface area contributed by atoms with Crippen LogP contribution in [0.4, 0.5) is 17.1 Å². The smallest absolute Gasteiger partial charge is 0.263 e. The van der Waals surface area contributed by atoms with Crippen LogP contribution in [-0.2, 0) is 6.42 Å². The van der Waals surface area contributed by atoms with Crippen LogP contribution >= 0.6 is 0 Å². The SMILES string of the molecule is CN1CCN(c2cccc(NC(=O)c3c(NCCc4cnc[nH]4)cc[nH]c3=O)c2)CC1. The maximum atomic E-state index is 13.0. The first-order valence-electron chi connectivity index (χ1n) is 10.4. The molecule has 0 spiro atoms. The third kappa shape index (κ3) is 5.13. The minimum atomic E-state index is -0.443. The lowest BCUT2D eigenvalue weighted by molar-refractivity contribution is 0.102. The van der Waals surface area contributed by atoms with E-state index in [-0.39, 0.29) is 5.56 Å². The molecule has 3 heterocycles. The Kier molecular flexibility index (Phi) is 6.32. The molecule has 31 heavy (non-hydrogen) atoms. The second-order valence-electron chi connectivity index (χ2n) is 7.64. The predicted molar refractivity (Wildman–Crippen MR) is 122 cm³/mol. The number of nitrogens with zero attached hydrogens (tertiary/aromatic N) is 3. The Labute approximate surface area is 180 Å². The Morgan fingerprint density at radius 3 is 2.77 bits per heavy atom. The first-order valence-corrected chi connectivity index (χ1v) is 10.4. The molecule has 0 radical (unpaired) electrons. The Morgan fingerprint density at radius 2 is 2.00 bits per heavy atom. The van der Waals surface area contributed by atoms with Crippen LogP contribution in [0.25, 0.3) is 0 Å². The van der Waals surface area contributed by atoms with Gasteiger partial charge >= 0.3 is 0 Å². The Hall–Kier alpha value is -3.59. The summed E-state index contributed by atoms with van der Waals surface area (Å²) in [5.41, 5.74) is 2.83. The fourth-order valence-electron chi connectivity index (χ4n) is 3.64. The van der Waals surface area contributed by atoms with E-state index in [2.05, 4.69) is 42.4 Å². The lowest BCUT2D eigenvalue weighted by Gasteiger charge is -2.34. The molecule has 3 aromatic rings. The molecule has 1 fully saturated rings. The standard InChI is InChI=1S/C22H27N7O2/c1-28-9-11-29(12-10-28)18-4-2-3-16(13-18)27-22(31)20-19(6-8-25-21(20)30)24-7-5-17-14-23-15-26-17/h2-4,6,8,13-15H,5,7,9-12H2,1H3,(H,23,26)(H,27,31)(H2,24,25,30). The number of carbonyl (C=O) groups is 1. The lowest BCUT2D eigenvalue weighted by atomic mass is 10.2. The fourth-order valence-corrected chi connectivity index (χ4v) is 3.64. The summed E-state index contributed by atoms with van der Waals surface area (Å²) in [6, 6.07) is 9.44. The number of hydrogen-bond donors (Lipinski definition) is 4. The number of hydrogen-bond acceptors (Lipinski definition) is 6. The molecular formula is C22H27N7O2. The molecule has 2 aromatic heterocycles. The highest BCUT2D eigenvalue weighted by atomic mass is 16.2. The van der Waals surface area contributed by atoms with Crippen molar-refractivity contribution in [2.24, 2.45) is 0 Å². The van der Waals surface area contributed by atoms with Crippen molar-refractivity contribution in [3.8, 4) is 0 Å². The van der Waals surface area contributed by atoms with E-state index in [1.165, 1.54) is 6.20 Å². The Balaban J connectivity index is 1.46. The summed E-state index contributed by atoms with van der Waals surface area (Å²) in [5, 5.41) is 6.06. The van der Waals surface area contributed by atoms with Gasteiger partial charge < -0.3 is 30.4 Å². The van der Waals surface area contributed by atoms with Crippen molar-refractivity contribution in [3.05, 3.63) is 70.7 Å². The maximum absolute atomic E-state index is 13.0. The van der Waals surface area contributed by atoms with Gasteiger partial charge in [0.25, 0.3) is 11.5 Å². The number of amides is 1. The monoisotopic (exact) mass is 421 g/mol. The van der Waals surface area contributed by atoms with E-state index in [0.717, 1.165) is 37.6 Å². The third-order valence-electron chi connectivity index (χ3n) is 5.42. The number of likely N-dealkylation sites (N-methyl/N-ethyl adjacent to an activating group) is 1. The summed E-state index contributed by atoms with van der Waals surface area (Å²) in [6.07, 6.45) is 5.60. The molecule has 0 aliphatic carbocycles. The topological polar surface area (TPSA) is 109 Å². The molecule has 4 rings (SSSR count). The van der Waals surface area contributed by atoms with Crippen molar-refractivity contribution < 1.29 is 4.79 Å². The van der Waals surface area contributed by atoms with Crippen molar-refractivity contribution in [2.75, 3.05) is 55.3 Å². The van der Waals surface area contributed by atoms with Gasteiger partial charge in [-0.25, -0.2) is 4.98 Å². The zero-order valence-electron chi connectivity index (χ0n) is 17.5. The number of benzene rings is 1. The van der Waals surface area contributed by atoms with Crippen molar-refractivity contribution >= 4 is 23.0 Å². The average molecular weight is 422 g/mol. The van der Waals surface area contributed by atoms with Gasteiger partial charge in [-0.15, -0.1) is 0 Å². The predicted octanol–water partition coefficient (Wildman–Crippen LogP) is 1.76. The number of carbonyl (C=O) groups excluding carboxylic acids is 1. The number of H-pyrrole nitrogens is 2. The van der Waals surface area contributed by atoms with E-state index in [0.29, 0.717) is 24.3 Å². The maximum Gasteiger partial charge on any atom is 0.263 e.